The van der Waals surface area contributed by atoms with Gasteiger partial charge in [-0.2, -0.15) is 0 Å². The maximum atomic E-state index is 10.3. The van der Waals surface area contributed by atoms with Gasteiger partial charge in [-0.1, -0.05) is 17.3 Å². The SMILES string of the molecule is COc1cc2c(cc1OC)CN(Cc1cccc(/C=N/O)c1O)CC2. The van der Waals surface area contributed by atoms with Gasteiger partial charge in [-0.25, -0.2) is 0 Å². The topological polar surface area (TPSA) is 74.5 Å². The molecule has 0 saturated carbocycles. The number of benzene rings is 2. The molecular weight excluding hydrogens is 320 g/mol. The molecule has 6 nitrogen and oxygen atoms in total. The highest BCUT2D eigenvalue weighted by Gasteiger charge is 2.20. The Bertz CT molecular complexity index is 789. The van der Waals surface area contributed by atoms with Crippen LogP contribution in [0.25, 0.3) is 0 Å². The molecule has 0 bridgehead atoms. The molecule has 0 saturated heterocycles. The smallest absolute Gasteiger partial charge is 0.161 e. The van der Waals surface area contributed by atoms with Crippen molar-refractivity contribution in [3.63, 3.8) is 0 Å². The summed E-state index contributed by atoms with van der Waals surface area (Å²) in [7, 11) is 3.28. The van der Waals surface area contributed by atoms with Gasteiger partial charge in [0.25, 0.3) is 0 Å². The molecule has 0 amide bonds. The largest absolute Gasteiger partial charge is 0.507 e. The van der Waals surface area contributed by atoms with Crippen LogP contribution in [-0.4, -0.2) is 42.2 Å². The maximum absolute atomic E-state index is 10.3. The van der Waals surface area contributed by atoms with Gasteiger partial charge < -0.3 is 19.8 Å². The van der Waals surface area contributed by atoms with E-state index in [1.165, 1.54) is 17.3 Å². The molecule has 0 spiro atoms. The monoisotopic (exact) mass is 342 g/mol. The zero-order valence-corrected chi connectivity index (χ0v) is 14.4. The first-order valence-electron chi connectivity index (χ1n) is 8.10. The molecule has 3 rings (SSSR count). The van der Waals surface area contributed by atoms with Gasteiger partial charge in [0.2, 0.25) is 0 Å². The normalized spacial score (nSPS) is 14.5. The zero-order chi connectivity index (χ0) is 17.8. The van der Waals surface area contributed by atoms with Gasteiger partial charge in [0.1, 0.15) is 5.75 Å². The van der Waals surface area contributed by atoms with Crippen molar-refractivity contribution in [2.24, 2.45) is 5.16 Å². The van der Waals surface area contributed by atoms with Crippen LogP contribution in [0.15, 0.2) is 35.5 Å². The van der Waals surface area contributed by atoms with Crippen molar-refractivity contribution < 1.29 is 19.8 Å². The second kappa shape index (κ2) is 7.44. The maximum Gasteiger partial charge on any atom is 0.161 e. The van der Waals surface area contributed by atoms with Crippen LogP contribution >= 0.6 is 0 Å². The van der Waals surface area contributed by atoms with Crippen LogP contribution in [0.5, 0.6) is 17.2 Å². The molecule has 1 aliphatic heterocycles. The van der Waals surface area contributed by atoms with Crippen molar-refractivity contribution >= 4 is 6.21 Å². The molecule has 2 N–H and O–H groups in total. The molecule has 25 heavy (non-hydrogen) atoms. The van der Waals surface area contributed by atoms with Crippen LogP contribution in [-0.2, 0) is 19.5 Å². The minimum atomic E-state index is 0.151. The zero-order valence-electron chi connectivity index (χ0n) is 14.4. The van der Waals surface area contributed by atoms with Crippen molar-refractivity contribution in [1.82, 2.24) is 4.90 Å². The number of methoxy groups -OCH3 is 2. The van der Waals surface area contributed by atoms with Gasteiger partial charge in [0.05, 0.1) is 20.4 Å². The van der Waals surface area contributed by atoms with Gasteiger partial charge in [-0.3, -0.25) is 4.90 Å². The Morgan fingerprint density at radius 1 is 1.16 bits per heavy atom. The number of fused-ring (bicyclic) bond motifs is 1. The molecule has 132 valence electrons. The van der Waals surface area contributed by atoms with E-state index >= 15 is 0 Å². The van der Waals surface area contributed by atoms with E-state index in [9.17, 15) is 5.11 Å². The molecule has 0 aromatic heterocycles. The summed E-state index contributed by atoms with van der Waals surface area (Å²) in [6.45, 7) is 2.28. The highest BCUT2D eigenvalue weighted by Crippen LogP contribution is 2.34. The number of para-hydroxylation sites is 1. The van der Waals surface area contributed by atoms with Crippen molar-refractivity contribution in [2.75, 3.05) is 20.8 Å². The van der Waals surface area contributed by atoms with Crippen molar-refractivity contribution in [2.45, 2.75) is 19.5 Å². The number of ether oxygens (including phenoxy) is 2. The lowest BCUT2D eigenvalue weighted by Gasteiger charge is -2.29. The molecular formula is C19H22N2O4. The Morgan fingerprint density at radius 2 is 1.88 bits per heavy atom. The van der Waals surface area contributed by atoms with Crippen molar-refractivity contribution in [3.05, 3.63) is 52.6 Å². The fourth-order valence-electron chi connectivity index (χ4n) is 3.22. The second-order valence-corrected chi connectivity index (χ2v) is 6.04. The highest BCUT2D eigenvalue weighted by atomic mass is 16.5. The molecule has 2 aromatic rings. The first kappa shape index (κ1) is 17.1. The van der Waals surface area contributed by atoms with Crippen LogP contribution in [0, 0.1) is 0 Å². The summed E-state index contributed by atoms with van der Waals surface area (Å²) in [4.78, 5) is 2.27. The van der Waals surface area contributed by atoms with Crippen molar-refractivity contribution in [1.29, 1.82) is 0 Å². The Hall–Kier alpha value is -2.73. The minimum absolute atomic E-state index is 0.151. The third-order valence-electron chi connectivity index (χ3n) is 4.54. The summed E-state index contributed by atoms with van der Waals surface area (Å²) >= 11 is 0. The van der Waals surface area contributed by atoms with Crippen LogP contribution in [0.3, 0.4) is 0 Å². The van der Waals surface area contributed by atoms with E-state index in [1.54, 1.807) is 20.3 Å². The van der Waals surface area contributed by atoms with E-state index in [4.69, 9.17) is 14.7 Å². The first-order valence-corrected chi connectivity index (χ1v) is 8.10. The van der Waals surface area contributed by atoms with E-state index in [0.717, 1.165) is 36.6 Å². The lowest BCUT2D eigenvalue weighted by atomic mass is 9.98. The number of oxime groups is 1. The van der Waals surface area contributed by atoms with Crippen LogP contribution in [0.2, 0.25) is 0 Å². The highest BCUT2D eigenvalue weighted by molar-refractivity contribution is 5.83. The molecule has 0 unspecified atom stereocenters. The summed E-state index contributed by atoms with van der Waals surface area (Å²) in [6.07, 6.45) is 2.15. The Labute approximate surface area is 146 Å². The van der Waals surface area contributed by atoms with Gasteiger partial charge in [-0.15, -0.1) is 0 Å². The molecule has 2 aromatic carbocycles. The molecule has 0 fully saturated rings. The summed E-state index contributed by atoms with van der Waals surface area (Å²) < 4.78 is 10.8. The van der Waals surface area contributed by atoms with Crippen LogP contribution in [0.4, 0.5) is 0 Å². The summed E-state index contributed by atoms with van der Waals surface area (Å²) in [6, 6.07) is 9.50. The average Bonchev–Trinajstić information content (AvgIpc) is 2.64. The van der Waals surface area contributed by atoms with Gasteiger partial charge in [0.15, 0.2) is 11.5 Å². The molecule has 1 heterocycles. The molecule has 0 aliphatic carbocycles. The quantitative estimate of drug-likeness (QED) is 0.496. The number of hydrogen-bond acceptors (Lipinski definition) is 6. The number of phenols is 1. The predicted molar refractivity (Wildman–Crippen MR) is 94.9 cm³/mol. The summed E-state index contributed by atoms with van der Waals surface area (Å²) in [5.41, 5.74) is 3.78. The summed E-state index contributed by atoms with van der Waals surface area (Å²) in [5, 5.41) is 22.0. The van der Waals surface area contributed by atoms with E-state index in [2.05, 4.69) is 10.1 Å². The first-order chi connectivity index (χ1) is 12.2. The lowest BCUT2D eigenvalue weighted by Crippen LogP contribution is -2.30. The molecule has 0 radical (unpaired) electrons. The van der Waals surface area contributed by atoms with Crippen LogP contribution in [0.1, 0.15) is 22.3 Å². The number of aromatic hydroxyl groups is 1. The van der Waals surface area contributed by atoms with E-state index in [-0.39, 0.29) is 5.75 Å². The minimum Gasteiger partial charge on any atom is -0.507 e. The fourth-order valence-corrected chi connectivity index (χ4v) is 3.22. The van der Waals surface area contributed by atoms with Crippen molar-refractivity contribution in [3.8, 4) is 17.2 Å². The number of rotatable bonds is 5. The number of phenolic OH excluding ortho intramolecular Hbond substituents is 1. The average molecular weight is 342 g/mol. The molecule has 0 atom stereocenters. The van der Waals surface area contributed by atoms with E-state index in [0.29, 0.717) is 12.1 Å². The third-order valence-corrected chi connectivity index (χ3v) is 4.54. The van der Waals surface area contributed by atoms with Gasteiger partial charge >= 0.3 is 0 Å². The summed E-state index contributed by atoms with van der Waals surface area (Å²) in [5.74, 6) is 1.63. The lowest BCUT2D eigenvalue weighted by molar-refractivity contribution is 0.241. The standard InChI is InChI=1S/C19H22N2O4/c1-24-17-8-13-6-7-21(12-16(13)9-18(17)25-2)11-15-5-3-4-14(10-20-23)19(15)22/h3-5,8-10,22-23H,6-7,11-12H2,1-2H3/b20-10+. The fraction of sp³-hybridized carbons (Fsp3) is 0.316. The molecule has 6 heteroatoms. The Balaban J connectivity index is 1.81. The number of hydrogen-bond donors (Lipinski definition) is 2. The predicted octanol–water partition coefficient (Wildman–Crippen LogP) is 2.78. The van der Waals surface area contributed by atoms with Crippen LogP contribution < -0.4 is 9.47 Å². The second-order valence-electron chi connectivity index (χ2n) is 6.04. The Kier molecular flexibility index (Phi) is 5.09. The van der Waals surface area contributed by atoms with E-state index in [1.807, 2.05) is 24.3 Å². The molecule has 1 aliphatic rings. The Morgan fingerprint density at radius 3 is 2.56 bits per heavy atom. The third kappa shape index (κ3) is 3.53. The number of nitrogens with zero attached hydrogens (tertiary/aromatic N) is 2. The van der Waals surface area contributed by atoms with Gasteiger partial charge in [-0.05, 0) is 35.7 Å². The van der Waals surface area contributed by atoms with Gasteiger partial charge in [0, 0.05) is 30.8 Å². The van der Waals surface area contributed by atoms with E-state index < -0.39 is 0 Å².